The van der Waals surface area contributed by atoms with E-state index in [4.69, 9.17) is 0 Å². The minimum absolute atomic E-state index is 0.164. The van der Waals surface area contributed by atoms with Crippen molar-refractivity contribution in [2.45, 2.75) is 6.42 Å². The van der Waals surface area contributed by atoms with Crippen LogP contribution in [0, 0.1) is 13.7 Å². The highest BCUT2D eigenvalue weighted by atomic mass is 127. The van der Waals surface area contributed by atoms with Crippen molar-refractivity contribution in [3.8, 4) is 0 Å². The third kappa shape index (κ3) is 4.57. The number of nitrogens with one attached hydrogen (secondary N) is 2. The topological polar surface area (TPSA) is 70.4 Å². The fourth-order valence-electron chi connectivity index (χ4n) is 2.24. The molecule has 0 bridgehead atoms. The van der Waals surface area contributed by atoms with Gasteiger partial charge in [0.05, 0.1) is 8.49 Å². The van der Waals surface area contributed by atoms with Gasteiger partial charge >= 0.3 is 0 Å². The van der Waals surface area contributed by atoms with E-state index in [1.807, 2.05) is 28.7 Å². The highest BCUT2D eigenvalue weighted by molar-refractivity contribution is 14.1. The molecule has 1 aromatic rings. The summed E-state index contributed by atoms with van der Waals surface area (Å²) < 4.78 is 0.666. The molecule has 1 aliphatic rings. The van der Waals surface area contributed by atoms with Crippen LogP contribution in [0.4, 0.5) is 11.4 Å². The molecule has 6 nitrogen and oxygen atoms in total. The van der Waals surface area contributed by atoms with E-state index in [2.05, 4.69) is 15.5 Å². The summed E-state index contributed by atoms with van der Waals surface area (Å²) in [6.07, 6.45) is 1.08. The molecule has 0 spiro atoms. The lowest BCUT2D eigenvalue weighted by Gasteiger charge is -2.27. The average Bonchev–Trinajstić information content (AvgIpc) is 2.44. The summed E-state index contributed by atoms with van der Waals surface area (Å²) in [5.74, 6) is 0. The molecule has 7 heteroatoms. The zero-order valence-corrected chi connectivity index (χ0v) is 13.4. The standard InChI is InChI=1S/C13H19IN4O2/c14-12-10-11(2-3-13(12)18(19)20)16-4-1-7-17-8-5-15-6-9-17/h2-3,10,15-16H,1,4-9H2. The fraction of sp³-hybridized carbons (Fsp3) is 0.538. The molecule has 110 valence electrons. The molecule has 1 fully saturated rings. The molecule has 0 atom stereocenters. The quantitative estimate of drug-likeness (QED) is 0.336. The van der Waals surface area contributed by atoms with Crippen LogP contribution in [-0.4, -0.2) is 49.1 Å². The van der Waals surface area contributed by atoms with Crippen LogP contribution >= 0.6 is 22.6 Å². The highest BCUT2D eigenvalue weighted by Gasteiger charge is 2.11. The van der Waals surface area contributed by atoms with Crippen molar-refractivity contribution in [3.05, 3.63) is 31.9 Å². The molecule has 0 radical (unpaired) electrons. The lowest BCUT2D eigenvalue weighted by atomic mass is 10.2. The van der Waals surface area contributed by atoms with Crippen LogP contribution in [0.15, 0.2) is 18.2 Å². The molecule has 1 saturated heterocycles. The Labute approximate surface area is 132 Å². The lowest BCUT2D eigenvalue weighted by Crippen LogP contribution is -2.44. The molecule has 0 aliphatic carbocycles. The van der Waals surface area contributed by atoms with Gasteiger partial charge in [0.25, 0.3) is 5.69 Å². The van der Waals surface area contributed by atoms with Gasteiger partial charge in [-0.2, -0.15) is 0 Å². The molecule has 0 amide bonds. The van der Waals surface area contributed by atoms with Gasteiger partial charge in [-0.15, -0.1) is 0 Å². The normalized spacial score (nSPS) is 16.1. The second kappa shape index (κ2) is 7.75. The van der Waals surface area contributed by atoms with Crippen molar-refractivity contribution < 1.29 is 4.92 Å². The Hall–Kier alpha value is -0.930. The van der Waals surface area contributed by atoms with Crippen LogP contribution in [0.2, 0.25) is 0 Å². The first-order valence-corrected chi connectivity index (χ1v) is 7.85. The van der Waals surface area contributed by atoms with Crippen LogP contribution in [0.5, 0.6) is 0 Å². The first kappa shape index (κ1) is 15.5. The molecule has 1 aliphatic heterocycles. The van der Waals surface area contributed by atoms with Crippen molar-refractivity contribution in [3.63, 3.8) is 0 Å². The van der Waals surface area contributed by atoms with E-state index in [-0.39, 0.29) is 10.6 Å². The van der Waals surface area contributed by atoms with Crippen molar-refractivity contribution >= 4 is 34.0 Å². The van der Waals surface area contributed by atoms with Gasteiger partial charge in [0, 0.05) is 44.5 Å². The largest absolute Gasteiger partial charge is 0.385 e. The molecule has 0 unspecified atom stereocenters. The zero-order chi connectivity index (χ0) is 14.4. The number of nitro benzene ring substituents is 1. The lowest BCUT2D eigenvalue weighted by molar-refractivity contribution is -0.385. The number of benzene rings is 1. The molecule has 2 N–H and O–H groups in total. The molecular formula is C13H19IN4O2. The molecular weight excluding hydrogens is 371 g/mol. The Morgan fingerprint density at radius 3 is 2.80 bits per heavy atom. The number of hydrogen-bond donors (Lipinski definition) is 2. The van der Waals surface area contributed by atoms with E-state index in [1.54, 1.807) is 12.1 Å². The molecule has 20 heavy (non-hydrogen) atoms. The summed E-state index contributed by atoms with van der Waals surface area (Å²) in [7, 11) is 0. The summed E-state index contributed by atoms with van der Waals surface area (Å²) >= 11 is 2.00. The van der Waals surface area contributed by atoms with Gasteiger partial charge in [-0.3, -0.25) is 10.1 Å². The fourth-order valence-corrected chi connectivity index (χ4v) is 2.95. The minimum atomic E-state index is -0.351. The summed E-state index contributed by atoms with van der Waals surface area (Å²) in [4.78, 5) is 12.8. The zero-order valence-electron chi connectivity index (χ0n) is 11.3. The van der Waals surface area contributed by atoms with Gasteiger partial charge in [-0.25, -0.2) is 0 Å². The Morgan fingerprint density at radius 2 is 2.15 bits per heavy atom. The monoisotopic (exact) mass is 390 g/mol. The third-order valence-electron chi connectivity index (χ3n) is 3.33. The molecule has 0 saturated carbocycles. The van der Waals surface area contributed by atoms with Crippen molar-refractivity contribution in [2.24, 2.45) is 0 Å². The van der Waals surface area contributed by atoms with Gasteiger partial charge in [0.1, 0.15) is 0 Å². The second-order valence-electron chi connectivity index (χ2n) is 4.80. The summed E-state index contributed by atoms with van der Waals surface area (Å²) in [5.41, 5.74) is 1.11. The maximum Gasteiger partial charge on any atom is 0.282 e. The van der Waals surface area contributed by atoms with Gasteiger partial charge in [-0.05, 0) is 47.7 Å². The minimum Gasteiger partial charge on any atom is -0.385 e. The molecule has 0 aromatic heterocycles. The summed E-state index contributed by atoms with van der Waals surface area (Å²) in [5, 5.41) is 17.4. The van der Waals surface area contributed by atoms with Gasteiger partial charge in [0.15, 0.2) is 0 Å². The first-order valence-electron chi connectivity index (χ1n) is 6.78. The Balaban J connectivity index is 1.73. The third-order valence-corrected chi connectivity index (χ3v) is 4.20. The molecule has 1 heterocycles. The number of halogens is 1. The highest BCUT2D eigenvalue weighted by Crippen LogP contribution is 2.23. The number of nitrogens with zero attached hydrogens (tertiary/aromatic N) is 2. The van der Waals surface area contributed by atoms with Gasteiger partial charge < -0.3 is 15.5 Å². The van der Waals surface area contributed by atoms with Crippen LogP contribution in [0.1, 0.15) is 6.42 Å². The maximum absolute atomic E-state index is 10.7. The molecule has 2 rings (SSSR count). The van der Waals surface area contributed by atoms with E-state index in [9.17, 15) is 10.1 Å². The number of piperazine rings is 1. The molecule has 1 aromatic carbocycles. The van der Waals surface area contributed by atoms with Crippen LogP contribution in [0.3, 0.4) is 0 Å². The summed E-state index contributed by atoms with van der Waals surface area (Å²) in [6.45, 7) is 6.38. The Bertz CT molecular complexity index is 464. The predicted octanol–water partition coefficient (Wildman–Crippen LogP) is 1.91. The van der Waals surface area contributed by atoms with Crippen molar-refractivity contribution in [1.82, 2.24) is 10.2 Å². The maximum atomic E-state index is 10.7. The number of rotatable bonds is 6. The average molecular weight is 390 g/mol. The Kier molecular flexibility index (Phi) is 5.99. The van der Waals surface area contributed by atoms with Crippen LogP contribution in [-0.2, 0) is 0 Å². The van der Waals surface area contributed by atoms with Crippen LogP contribution in [0.25, 0.3) is 0 Å². The SMILES string of the molecule is O=[N+]([O-])c1ccc(NCCCN2CCNCC2)cc1I. The van der Waals surface area contributed by atoms with Gasteiger partial charge in [0.2, 0.25) is 0 Å². The number of hydrogen-bond acceptors (Lipinski definition) is 5. The number of anilines is 1. The van der Waals surface area contributed by atoms with Crippen molar-refractivity contribution in [1.29, 1.82) is 0 Å². The second-order valence-corrected chi connectivity index (χ2v) is 5.96. The van der Waals surface area contributed by atoms with Crippen molar-refractivity contribution in [2.75, 3.05) is 44.6 Å². The van der Waals surface area contributed by atoms with Gasteiger partial charge in [-0.1, -0.05) is 0 Å². The van der Waals surface area contributed by atoms with E-state index >= 15 is 0 Å². The van der Waals surface area contributed by atoms with E-state index in [0.717, 1.165) is 51.4 Å². The predicted molar refractivity (Wildman–Crippen MR) is 88.2 cm³/mol. The summed E-state index contributed by atoms with van der Waals surface area (Å²) in [6, 6.07) is 5.15. The van der Waals surface area contributed by atoms with E-state index in [1.165, 1.54) is 0 Å². The van der Waals surface area contributed by atoms with Crippen LogP contribution < -0.4 is 10.6 Å². The Morgan fingerprint density at radius 1 is 1.40 bits per heavy atom. The van der Waals surface area contributed by atoms with E-state index < -0.39 is 0 Å². The van der Waals surface area contributed by atoms with E-state index in [0.29, 0.717) is 3.57 Å². The smallest absolute Gasteiger partial charge is 0.282 e. The first-order chi connectivity index (χ1) is 9.66. The number of nitro groups is 1.